The number of carbonyl (C=O) groups is 1. The number of allylic oxidation sites excluding steroid dienone is 1. The third-order valence-corrected chi connectivity index (χ3v) is 5.75. The smallest absolute Gasteiger partial charge is 0.246 e. The first-order valence-electron chi connectivity index (χ1n) is 7.04. The van der Waals surface area contributed by atoms with Gasteiger partial charge in [0.15, 0.2) is 9.84 Å². The predicted molar refractivity (Wildman–Crippen MR) is 86.5 cm³/mol. The lowest BCUT2D eigenvalue weighted by Crippen LogP contribution is -2.43. The molecule has 0 aliphatic rings. The fraction of sp³-hybridized carbons (Fsp3) is 0.438. The van der Waals surface area contributed by atoms with Crippen LogP contribution in [-0.2, 0) is 14.6 Å². The molecular formula is C16H21F2NO3S. The number of amides is 1. The van der Waals surface area contributed by atoms with E-state index in [0.29, 0.717) is 5.57 Å². The molecule has 0 N–H and O–H groups in total. The monoisotopic (exact) mass is 345 g/mol. The van der Waals surface area contributed by atoms with E-state index in [1.807, 2.05) is 0 Å². The summed E-state index contributed by atoms with van der Waals surface area (Å²) in [6.07, 6.45) is 2.32. The third-order valence-electron chi connectivity index (χ3n) is 4.01. The molecule has 0 fully saturated rings. The number of hydrogen-bond donors (Lipinski definition) is 0. The highest BCUT2D eigenvalue weighted by Crippen LogP contribution is 2.19. The van der Waals surface area contributed by atoms with Crippen molar-refractivity contribution in [2.45, 2.75) is 32.1 Å². The van der Waals surface area contributed by atoms with Crippen molar-refractivity contribution in [3.8, 4) is 0 Å². The molecule has 0 heterocycles. The molecule has 2 atom stereocenters. The molecule has 0 aliphatic heterocycles. The minimum absolute atomic E-state index is 0.122. The van der Waals surface area contributed by atoms with Gasteiger partial charge in [-0.05, 0) is 38.5 Å². The Morgan fingerprint density at radius 2 is 1.83 bits per heavy atom. The van der Waals surface area contributed by atoms with E-state index in [9.17, 15) is 22.0 Å². The van der Waals surface area contributed by atoms with Crippen molar-refractivity contribution in [3.05, 3.63) is 41.5 Å². The van der Waals surface area contributed by atoms with Crippen LogP contribution in [-0.4, -0.2) is 43.8 Å². The van der Waals surface area contributed by atoms with E-state index in [0.717, 1.165) is 18.4 Å². The summed E-state index contributed by atoms with van der Waals surface area (Å²) in [7, 11) is -1.80. The van der Waals surface area contributed by atoms with E-state index in [-0.39, 0.29) is 5.56 Å². The van der Waals surface area contributed by atoms with Crippen LogP contribution in [0, 0.1) is 11.6 Å². The molecule has 0 bridgehead atoms. The first-order valence-corrected chi connectivity index (χ1v) is 9.00. The van der Waals surface area contributed by atoms with Gasteiger partial charge in [0, 0.05) is 37.1 Å². The molecule has 1 aromatic rings. The molecule has 1 aromatic carbocycles. The number of rotatable bonds is 5. The first-order chi connectivity index (χ1) is 10.4. The van der Waals surface area contributed by atoms with E-state index >= 15 is 0 Å². The van der Waals surface area contributed by atoms with E-state index in [4.69, 9.17) is 0 Å². The number of hydrogen-bond acceptors (Lipinski definition) is 3. The number of carbonyl (C=O) groups excluding carboxylic acids is 1. The maximum atomic E-state index is 13.7. The van der Waals surface area contributed by atoms with Gasteiger partial charge >= 0.3 is 0 Å². The average Bonchev–Trinajstić information content (AvgIpc) is 2.43. The summed E-state index contributed by atoms with van der Waals surface area (Å²) in [6, 6.07) is 2.57. The number of likely N-dealkylation sites (N-methyl/N-ethyl adjacent to an activating group) is 1. The Hall–Kier alpha value is -1.76. The highest BCUT2D eigenvalue weighted by Gasteiger charge is 2.27. The largest absolute Gasteiger partial charge is 0.338 e. The van der Waals surface area contributed by atoms with Gasteiger partial charge < -0.3 is 4.90 Å². The van der Waals surface area contributed by atoms with Crippen molar-refractivity contribution in [2.24, 2.45) is 0 Å². The van der Waals surface area contributed by atoms with Crippen molar-refractivity contribution in [1.82, 2.24) is 4.90 Å². The first kappa shape index (κ1) is 19.3. The molecule has 0 aliphatic carbocycles. The number of nitrogens with zero attached hydrogens (tertiary/aromatic N) is 1. The fourth-order valence-corrected chi connectivity index (χ4v) is 2.95. The topological polar surface area (TPSA) is 54.5 Å². The van der Waals surface area contributed by atoms with Gasteiger partial charge in [-0.2, -0.15) is 0 Å². The fourth-order valence-electron chi connectivity index (χ4n) is 2.05. The summed E-state index contributed by atoms with van der Waals surface area (Å²) in [5.74, 6) is -1.90. The zero-order valence-electron chi connectivity index (χ0n) is 13.8. The summed E-state index contributed by atoms with van der Waals surface area (Å²) in [4.78, 5) is 13.5. The second-order valence-corrected chi connectivity index (χ2v) is 8.08. The number of halogens is 2. The van der Waals surface area contributed by atoms with Gasteiger partial charge in [-0.25, -0.2) is 17.2 Å². The van der Waals surface area contributed by atoms with Gasteiger partial charge in [-0.1, -0.05) is 0 Å². The molecule has 0 unspecified atom stereocenters. The summed E-state index contributed by atoms with van der Waals surface area (Å²) in [5.41, 5.74) is 0.454. The molecule has 1 amide bonds. The maximum absolute atomic E-state index is 13.7. The van der Waals surface area contributed by atoms with Crippen LogP contribution < -0.4 is 0 Å². The minimum atomic E-state index is -3.29. The lowest BCUT2D eigenvalue weighted by Gasteiger charge is -2.28. The predicted octanol–water partition coefficient (Wildman–Crippen LogP) is 2.65. The van der Waals surface area contributed by atoms with E-state index < -0.39 is 38.7 Å². The molecule has 23 heavy (non-hydrogen) atoms. The van der Waals surface area contributed by atoms with Crippen LogP contribution in [0.5, 0.6) is 0 Å². The van der Waals surface area contributed by atoms with Crippen LogP contribution in [0.15, 0.2) is 24.3 Å². The Kier molecular flexibility index (Phi) is 6.04. The quantitative estimate of drug-likeness (QED) is 0.771. The van der Waals surface area contributed by atoms with Crippen molar-refractivity contribution < 1.29 is 22.0 Å². The van der Waals surface area contributed by atoms with Crippen molar-refractivity contribution in [2.75, 3.05) is 13.3 Å². The van der Waals surface area contributed by atoms with Gasteiger partial charge in [0.2, 0.25) is 5.91 Å². The van der Waals surface area contributed by atoms with Gasteiger partial charge in [-0.15, -0.1) is 0 Å². The Balaban J connectivity index is 3.00. The lowest BCUT2D eigenvalue weighted by molar-refractivity contribution is -0.126. The van der Waals surface area contributed by atoms with Crippen LogP contribution in [0.3, 0.4) is 0 Å². The van der Waals surface area contributed by atoms with Crippen molar-refractivity contribution >= 4 is 21.3 Å². The van der Waals surface area contributed by atoms with Crippen LogP contribution in [0.2, 0.25) is 0 Å². The van der Waals surface area contributed by atoms with Gasteiger partial charge in [0.05, 0.1) is 5.25 Å². The van der Waals surface area contributed by atoms with Crippen molar-refractivity contribution in [1.29, 1.82) is 0 Å². The Morgan fingerprint density at radius 3 is 2.30 bits per heavy atom. The average molecular weight is 345 g/mol. The highest BCUT2D eigenvalue weighted by molar-refractivity contribution is 7.91. The van der Waals surface area contributed by atoms with Crippen LogP contribution in [0.25, 0.3) is 5.57 Å². The normalized spacial score (nSPS) is 15.2. The molecule has 0 aromatic heterocycles. The second-order valence-electron chi connectivity index (χ2n) is 5.68. The van der Waals surface area contributed by atoms with E-state index in [1.165, 1.54) is 37.9 Å². The Morgan fingerprint density at radius 1 is 1.26 bits per heavy atom. The van der Waals surface area contributed by atoms with Gasteiger partial charge in [-0.3, -0.25) is 4.79 Å². The van der Waals surface area contributed by atoms with E-state index in [2.05, 4.69) is 0 Å². The van der Waals surface area contributed by atoms with Crippen LogP contribution >= 0.6 is 0 Å². The van der Waals surface area contributed by atoms with Crippen LogP contribution in [0.1, 0.15) is 26.3 Å². The number of benzene rings is 1. The molecule has 0 spiro atoms. The molecule has 0 saturated heterocycles. The van der Waals surface area contributed by atoms with Gasteiger partial charge in [0.1, 0.15) is 11.6 Å². The third kappa shape index (κ3) is 4.86. The summed E-state index contributed by atoms with van der Waals surface area (Å²) in [6.45, 7) is 4.69. The molecule has 0 radical (unpaired) electrons. The van der Waals surface area contributed by atoms with E-state index in [1.54, 1.807) is 6.92 Å². The molecular weight excluding hydrogens is 324 g/mol. The van der Waals surface area contributed by atoms with Gasteiger partial charge in [0.25, 0.3) is 0 Å². The second kappa shape index (κ2) is 7.21. The SMILES string of the molecule is C/C(=C/C(=O)N(C)[C@@H](C)[C@H](C)S(C)(=O)=O)c1ccc(F)cc1F. The zero-order chi connectivity index (χ0) is 17.9. The summed E-state index contributed by atoms with van der Waals surface area (Å²) in [5, 5.41) is -0.729. The van der Waals surface area contributed by atoms with Crippen molar-refractivity contribution in [3.63, 3.8) is 0 Å². The van der Waals surface area contributed by atoms with Crippen LogP contribution in [0.4, 0.5) is 8.78 Å². The maximum Gasteiger partial charge on any atom is 0.246 e. The molecule has 1 rings (SSSR count). The molecule has 128 valence electrons. The minimum Gasteiger partial charge on any atom is -0.338 e. The molecule has 7 heteroatoms. The zero-order valence-corrected chi connectivity index (χ0v) is 14.6. The summed E-state index contributed by atoms with van der Waals surface area (Å²) >= 11 is 0. The highest BCUT2D eigenvalue weighted by atomic mass is 32.2. The summed E-state index contributed by atoms with van der Waals surface area (Å²) < 4.78 is 49.8. The lowest BCUT2D eigenvalue weighted by atomic mass is 10.1. The molecule has 4 nitrogen and oxygen atoms in total. The Labute approximate surface area is 135 Å². The Bertz CT molecular complexity index is 729. The molecule has 0 saturated carbocycles. The standard InChI is InChI=1S/C16H21F2NO3S/c1-10(14-7-6-13(17)9-15(14)18)8-16(20)19(4)11(2)12(3)23(5,21)22/h6-9,11-12H,1-5H3/b10-8-/t11-,12-/m0/s1. The number of sulfone groups is 1.